The van der Waals surface area contributed by atoms with Gasteiger partial charge in [-0.3, -0.25) is 0 Å². The second kappa shape index (κ2) is 12.4. The van der Waals surface area contributed by atoms with Crippen LogP contribution in [0.3, 0.4) is 0 Å². The first-order valence-electron chi connectivity index (χ1n) is 21.4. The number of fused-ring (bicyclic) bond motifs is 16. The van der Waals surface area contributed by atoms with E-state index < -0.39 is 5.41 Å². The first-order chi connectivity index (χ1) is 30.8. The second-order valence-electron chi connectivity index (χ2n) is 16.8. The van der Waals surface area contributed by atoms with Crippen molar-refractivity contribution in [2.45, 2.75) is 5.41 Å². The van der Waals surface area contributed by atoms with Crippen molar-refractivity contribution in [3.05, 3.63) is 241 Å². The maximum atomic E-state index is 6.68. The van der Waals surface area contributed by atoms with Gasteiger partial charge in [-0.05, 0) is 105 Å². The molecule has 1 aliphatic carbocycles. The van der Waals surface area contributed by atoms with Crippen molar-refractivity contribution in [1.82, 2.24) is 9.13 Å². The topological polar surface area (TPSA) is 19.1 Å². The van der Waals surface area contributed by atoms with Crippen molar-refractivity contribution in [1.29, 1.82) is 0 Å². The van der Waals surface area contributed by atoms with Crippen LogP contribution < -0.4 is 4.74 Å². The van der Waals surface area contributed by atoms with Gasteiger partial charge >= 0.3 is 0 Å². The van der Waals surface area contributed by atoms with Crippen LogP contribution in [0.5, 0.6) is 11.5 Å². The summed E-state index contributed by atoms with van der Waals surface area (Å²) < 4.78 is 11.6. The predicted octanol–water partition coefficient (Wildman–Crippen LogP) is 15.2. The Kier molecular flexibility index (Phi) is 6.76. The Morgan fingerprint density at radius 1 is 0.306 bits per heavy atom. The highest BCUT2D eigenvalue weighted by atomic mass is 16.5. The molecule has 3 heteroatoms. The van der Waals surface area contributed by atoms with Gasteiger partial charge in [0.25, 0.3) is 0 Å². The smallest absolute Gasteiger partial charge is 0.132 e. The summed E-state index contributed by atoms with van der Waals surface area (Å²) in [5.41, 5.74) is 16.4. The molecular weight excluding hydrogens is 753 g/mol. The molecule has 2 aliphatic rings. The van der Waals surface area contributed by atoms with Crippen LogP contribution in [-0.2, 0) is 5.41 Å². The summed E-state index contributed by atoms with van der Waals surface area (Å²) in [5.74, 6) is 1.80. The fourth-order valence-corrected chi connectivity index (χ4v) is 11.3. The van der Waals surface area contributed by atoms with E-state index in [1.165, 1.54) is 98.9 Å². The van der Waals surface area contributed by atoms with Gasteiger partial charge in [-0.2, -0.15) is 0 Å². The number of aromatic nitrogens is 2. The number of nitrogens with zero attached hydrogens (tertiary/aromatic N) is 2. The molecule has 0 unspecified atom stereocenters. The standard InChI is InChI=1S/C59H36N2O/c1-2-16-38(17-3-1)60-52-27-10-5-19-43(52)46-34-37(32-33-55(46)60)39-21-14-23-42-40(39)22-15-29-54(42)61-53-28-11-6-20-44(53)47-35-45-41-18-4-7-24-48(41)59(51(45)36-56(47)61)49-25-8-12-30-57(49)62-58-31-13-9-26-50(58)59/h1-36H. The van der Waals surface area contributed by atoms with Crippen LogP contribution in [0.25, 0.3) is 88.0 Å². The molecule has 3 nitrogen and oxygen atoms in total. The maximum absolute atomic E-state index is 6.68. The van der Waals surface area contributed by atoms with Gasteiger partial charge in [0, 0.05) is 43.7 Å². The minimum Gasteiger partial charge on any atom is -0.457 e. The Bertz CT molecular complexity index is 3800. The minimum atomic E-state index is -0.555. The van der Waals surface area contributed by atoms with Gasteiger partial charge in [-0.25, -0.2) is 0 Å². The summed E-state index contributed by atoms with van der Waals surface area (Å²) in [7, 11) is 0. The quantitative estimate of drug-likeness (QED) is 0.174. The first kappa shape index (κ1) is 33.7. The van der Waals surface area contributed by atoms with E-state index in [4.69, 9.17) is 4.74 Å². The molecule has 3 heterocycles. The van der Waals surface area contributed by atoms with Gasteiger partial charge in [0.2, 0.25) is 0 Å². The Morgan fingerprint density at radius 3 is 1.65 bits per heavy atom. The third-order valence-electron chi connectivity index (χ3n) is 13.8. The average molecular weight is 789 g/mol. The number of benzene rings is 10. The Labute approximate surface area is 357 Å². The van der Waals surface area contributed by atoms with Gasteiger partial charge in [0.1, 0.15) is 11.5 Å². The lowest BCUT2D eigenvalue weighted by Crippen LogP contribution is -2.32. The molecular formula is C59H36N2O. The molecule has 0 bridgehead atoms. The molecule has 0 amide bonds. The van der Waals surface area contributed by atoms with E-state index in [0.29, 0.717) is 0 Å². The molecule has 0 saturated carbocycles. The first-order valence-corrected chi connectivity index (χ1v) is 21.4. The van der Waals surface area contributed by atoms with Crippen molar-refractivity contribution < 1.29 is 4.74 Å². The summed E-state index contributed by atoms with van der Waals surface area (Å²) >= 11 is 0. The number of hydrogen-bond donors (Lipinski definition) is 0. The van der Waals surface area contributed by atoms with Crippen molar-refractivity contribution in [3.8, 4) is 45.1 Å². The molecule has 288 valence electrons. The molecule has 0 fully saturated rings. The van der Waals surface area contributed by atoms with Crippen LogP contribution >= 0.6 is 0 Å². The molecule has 12 aromatic rings. The number of hydrogen-bond acceptors (Lipinski definition) is 1. The van der Waals surface area contributed by atoms with Crippen molar-refractivity contribution in [2.24, 2.45) is 0 Å². The third kappa shape index (κ3) is 4.34. The molecule has 0 atom stereocenters. The highest BCUT2D eigenvalue weighted by molar-refractivity contribution is 6.15. The van der Waals surface area contributed by atoms with Crippen molar-refractivity contribution in [3.63, 3.8) is 0 Å². The van der Waals surface area contributed by atoms with Gasteiger partial charge in [-0.1, -0.05) is 152 Å². The van der Waals surface area contributed by atoms with E-state index in [0.717, 1.165) is 22.9 Å². The van der Waals surface area contributed by atoms with Crippen molar-refractivity contribution >= 4 is 54.4 Å². The van der Waals surface area contributed by atoms with E-state index in [9.17, 15) is 0 Å². The molecule has 2 aromatic heterocycles. The molecule has 0 radical (unpaired) electrons. The summed E-state index contributed by atoms with van der Waals surface area (Å²) in [4.78, 5) is 0. The predicted molar refractivity (Wildman–Crippen MR) is 255 cm³/mol. The minimum absolute atomic E-state index is 0.555. The lowest BCUT2D eigenvalue weighted by atomic mass is 9.66. The molecule has 1 aliphatic heterocycles. The van der Waals surface area contributed by atoms with Crippen LogP contribution in [0, 0.1) is 0 Å². The summed E-state index contributed by atoms with van der Waals surface area (Å²) in [5, 5.41) is 7.41. The van der Waals surface area contributed by atoms with Crippen molar-refractivity contribution in [2.75, 3.05) is 0 Å². The molecule has 0 N–H and O–H groups in total. The Hall–Kier alpha value is -8.14. The van der Waals surface area contributed by atoms with Crippen LogP contribution in [0.1, 0.15) is 22.3 Å². The van der Waals surface area contributed by atoms with Gasteiger partial charge < -0.3 is 13.9 Å². The SMILES string of the molecule is c1ccc(-n2c3ccccc3c3cc(-c4cccc5c(-n6c7ccccc7c7cc8c(cc76)C6(c7ccccc7Oc7ccccc76)c6ccccc6-8)cccc45)ccc32)cc1. The fourth-order valence-electron chi connectivity index (χ4n) is 11.3. The maximum Gasteiger partial charge on any atom is 0.132 e. The van der Waals surface area contributed by atoms with Gasteiger partial charge in [0.05, 0.1) is 33.2 Å². The molecule has 0 saturated heterocycles. The zero-order valence-corrected chi connectivity index (χ0v) is 33.6. The molecule has 10 aromatic carbocycles. The summed E-state index contributed by atoms with van der Waals surface area (Å²) in [6.07, 6.45) is 0. The van der Waals surface area contributed by atoms with E-state index in [2.05, 4.69) is 228 Å². The Morgan fingerprint density at radius 2 is 0.871 bits per heavy atom. The Balaban J connectivity index is 1.03. The van der Waals surface area contributed by atoms with E-state index >= 15 is 0 Å². The van der Waals surface area contributed by atoms with Crippen LogP contribution in [-0.4, -0.2) is 9.13 Å². The van der Waals surface area contributed by atoms with E-state index in [-0.39, 0.29) is 0 Å². The zero-order chi connectivity index (χ0) is 40.5. The van der Waals surface area contributed by atoms with E-state index in [1.807, 2.05) is 0 Å². The van der Waals surface area contributed by atoms with Gasteiger partial charge in [-0.15, -0.1) is 0 Å². The number of para-hydroxylation sites is 5. The zero-order valence-electron chi connectivity index (χ0n) is 33.6. The molecule has 14 rings (SSSR count). The lowest BCUT2D eigenvalue weighted by molar-refractivity contribution is 0.436. The number of rotatable bonds is 3. The van der Waals surface area contributed by atoms with Gasteiger partial charge in [0.15, 0.2) is 0 Å². The highest BCUT2D eigenvalue weighted by Crippen LogP contribution is 2.62. The van der Waals surface area contributed by atoms with Crippen LogP contribution in [0.15, 0.2) is 218 Å². The average Bonchev–Trinajstić information content (AvgIpc) is 3.94. The second-order valence-corrected chi connectivity index (χ2v) is 16.8. The molecule has 62 heavy (non-hydrogen) atoms. The van der Waals surface area contributed by atoms with Crippen LogP contribution in [0.4, 0.5) is 0 Å². The third-order valence-corrected chi connectivity index (χ3v) is 13.8. The van der Waals surface area contributed by atoms with E-state index in [1.54, 1.807) is 0 Å². The summed E-state index contributed by atoms with van der Waals surface area (Å²) in [6.45, 7) is 0. The normalized spacial score (nSPS) is 13.4. The fraction of sp³-hybridized carbons (Fsp3) is 0.0169. The van der Waals surface area contributed by atoms with Crippen LogP contribution in [0.2, 0.25) is 0 Å². The monoisotopic (exact) mass is 788 g/mol. The largest absolute Gasteiger partial charge is 0.457 e. The lowest BCUT2D eigenvalue weighted by Gasteiger charge is -2.39. The highest BCUT2D eigenvalue weighted by Gasteiger charge is 2.51. The number of ether oxygens (including phenoxy) is 1. The molecule has 1 spiro atoms. The summed E-state index contributed by atoms with van der Waals surface area (Å²) in [6, 6.07) is 80.2.